The van der Waals surface area contributed by atoms with Crippen molar-refractivity contribution in [1.29, 1.82) is 0 Å². The molecular weight excluding hydrogens is 354 g/mol. The Bertz CT molecular complexity index is 775. The van der Waals surface area contributed by atoms with Crippen molar-refractivity contribution in [2.24, 2.45) is 5.92 Å². The summed E-state index contributed by atoms with van der Waals surface area (Å²) in [7, 11) is 0. The number of pyridine rings is 1. The molecule has 3 heterocycles. The molecule has 0 spiro atoms. The summed E-state index contributed by atoms with van der Waals surface area (Å²) >= 11 is 0. The highest BCUT2D eigenvalue weighted by Crippen LogP contribution is 2.29. The molecule has 4 rings (SSSR count). The van der Waals surface area contributed by atoms with Gasteiger partial charge in [0.05, 0.1) is 12.7 Å². The second kappa shape index (κ2) is 8.71. The van der Waals surface area contributed by atoms with Gasteiger partial charge in [0.15, 0.2) is 0 Å². The minimum atomic E-state index is -0.448. The zero-order chi connectivity index (χ0) is 19.3. The predicted octanol–water partition coefficient (Wildman–Crippen LogP) is 2.82. The van der Waals surface area contributed by atoms with E-state index in [1.54, 1.807) is 11.1 Å². The molecule has 6 heteroatoms. The first-order chi connectivity index (χ1) is 13.7. The van der Waals surface area contributed by atoms with E-state index >= 15 is 0 Å². The van der Waals surface area contributed by atoms with Gasteiger partial charge in [-0.2, -0.15) is 0 Å². The molecule has 3 atom stereocenters. The fourth-order valence-electron chi connectivity index (χ4n) is 4.22. The maximum absolute atomic E-state index is 12.8. The molecule has 1 aromatic carbocycles. The van der Waals surface area contributed by atoms with Gasteiger partial charge in [-0.05, 0) is 42.0 Å². The molecule has 1 aromatic heterocycles. The van der Waals surface area contributed by atoms with Crippen LogP contribution in [-0.2, 0) is 11.3 Å². The number of hydrogen-bond acceptors (Lipinski definition) is 4. The fourth-order valence-corrected chi connectivity index (χ4v) is 4.22. The Balaban J connectivity index is 1.35. The number of hydrogen-bond donors (Lipinski definition) is 2. The number of carbonyl (C=O) groups is 1. The minimum Gasteiger partial charge on any atom is -0.391 e. The molecule has 2 N–H and O–H groups in total. The molecule has 2 saturated heterocycles. The molecule has 28 heavy (non-hydrogen) atoms. The smallest absolute Gasteiger partial charge is 0.318 e. The SMILES string of the molecule is O=C(NCc1ccc(-c2cccnc2)cc1)N1CC(O)CC1C1CCCOC1. The van der Waals surface area contributed by atoms with Crippen LogP contribution in [0.2, 0.25) is 0 Å². The van der Waals surface area contributed by atoms with Crippen molar-refractivity contribution in [3.63, 3.8) is 0 Å². The van der Waals surface area contributed by atoms with E-state index in [0.717, 1.165) is 36.1 Å². The number of rotatable bonds is 4. The third-order valence-electron chi connectivity index (χ3n) is 5.71. The molecule has 0 aliphatic carbocycles. The molecule has 2 aliphatic heterocycles. The van der Waals surface area contributed by atoms with Gasteiger partial charge in [0.2, 0.25) is 0 Å². The maximum Gasteiger partial charge on any atom is 0.318 e. The number of aliphatic hydroxyl groups excluding tert-OH is 1. The van der Waals surface area contributed by atoms with Crippen molar-refractivity contribution < 1.29 is 14.6 Å². The van der Waals surface area contributed by atoms with Crippen LogP contribution in [-0.4, -0.2) is 52.9 Å². The van der Waals surface area contributed by atoms with Gasteiger partial charge < -0.3 is 20.1 Å². The van der Waals surface area contributed by atoms with E-state index in [4.69, 9.17) is 4.74 Å². The third-order valence-corrected chi connectivity index (χ3v) is 5.71. The Kier molecular flexibility index (Phi) is 5.88. The predicted molar refractivity (Wildman–Crippen MR) is 107 cm³/mol. The Labute approximate surface area is 165 Å². The van der Waals surface area contributed by atoms with Crippen LogP contribution in [0, 0.1) is 5.92 Å². The van der Waals surface area contributed by atoms with Gasteiger partial charge in [-0.25, -0.2) is 4.79 Å². The minimum absolute atomic E-state index is 0.0586. The first-order valence-corrected chi connectivity index (χ1v) is 10.0. The third kappa shape index (κ3) is 4.34. The second-order valence-electron chi connectivity index (χ2n) is 7.68. The van der Waals surface area contributed by atoms with Crippen LogP contribution < -0.4 is 5.32 Å². The topological polar surface area (TPSA) is 74.7 Å². The number of benzene rings is 1. The summed E-state index contributed by atoms with van der Waals surface area (Å²) in [5, 5.41) is 13.1. The lowest BCUT2D eigenvalue weighted by atomic mass is 9.92. The Hall–Kier alpha value is -2.44. The molecular formula is C22H27N3O3. The van der Waals surface area contributed by atoms with Crippen molar-refractivity contribution in [2.45, 2.75) is 38.0 Å². The number of likely N-dealkylation sites (tertiary alicyclic amines) is 1. The fraction of sp³-hybridized carbons (Fsp3) is 0.455. The number of carbonyl (C=O) groups excluding carboxylic acids is 1. The summed E-state index contributed by atoms with van der Waals surface area (Å²) in [6.07, 6.45) is 5.87. The van der Waals surface area contributed by atoms with E-state index < -0.39 is 6.10 Å². The summed E-state index contributed by atoms with van der Waals surface area (Å²) in [5.41, 5.74) is 3.21. The van der Waals surface area contributed by atoms with Crippen LogP contribution in [0.4, 0.5) is 4.79 Å². The van der Waals surface area contributed by atoms with Gasteiger partial charge in [0, 0.05) is 44.0 Å². The zero-order valence-electron chi connectivity index (χ0n) is 16.0. The molecule has 2 aromatic rings. The van der Waals surface area contributed by atoms with Crippen LogP contribution >= 0.6 is 0 Å². The molecule has 0 radical (unpaired) electrons. The largest absolute Gasteiger partial charge is 0.391 e. The van der Waals surface area contributed by atoms with Gasteiger partial charge in [0.1, 0.15) is 0 Å². The van der Waals surface area contributed by atoms with E-state index in [9.17, 15) is 9.90 Å². The Morgan fingerprint density at radius 3 is 2.82 bits per heavy atom. The Morgan fingerprint density at radius 2 is 2.11 bits per heavy atom. The van der Waals surface area contributed by atoms with Gasteiger partial charge in [-0.15, -0.1) is 0 Å². The number of amides is 2. The number of aromatic nitrogens is 1. The summed E-state index contributed by atoms with van der Waals surface area (Å²) in [4.78, 5) is 18.7. The number of urea groups is 1. The zero-order valence-corrected chi connectivity index (χ0v) is 16.0. The van der Waals surface area contributed by atoms with Gasteiger partial charge >= 0.3 is 6.03 Å². The van der Waals surface area contributed by atoms with Crippen LogP contribution in [0.1, 0.15) is 24.8 Å². The van der Waals surface area contributed by atoms with Crippen LogP contribution in [0.25, 0.3) is 11.1 Å². The quantitative estimate of drug-likeness (QED) is 0.854. The van der Waals surface area contributed by atoms with E-state index in [-0.39, 0.29) is 12.1 Å². The number of aliphatic hydroxyl groups is 1. The maximum atomic E-state index is 12.8. The molecule has 0 saturated carbocycles. The molecule has 148 valence electrons. The molecule has 3 unspecified atom stereocenters. The highest BCUT2D eigenvalue weighted by molar-refractivity contribution is 5.75. The van der Waals surface area contributed by atoms with Crippen molar-refractivity contribution in [3.05, 3.63) is 54.4 Å². The first-order valence-electron chi connectivity index (χ1n) is 10.0. The van der Waals surface area contributed by atoms with Crippen molar-refractivity contribution in [2.75, 3.05) is 19.8 Å². The van der Waals surface area contributed by atoms with E-state index in [2.05, 4.69) is 10.3 Å². The van der Waals surface area contributed by atoms with Gasteiger partial charge in [0.25, 0.3) is 0 Å². The lowest BCUT2D eigenvalue weighted by Crippen LogP contribution is -2.47. The van der Waals surface area contributed by atoms with E-state index in [1.165, 1.54) is 0 Å². The first kappa shape index (κ1) is 18.9. The number of ether oxygens (including phenoxy) is 1. The summed E-state index contributed by atoms with van der Waals surface area (Å²) in [6, 6.07) is 12.0. The normalized spacial score (nSPS) is 24.9. The van der Waals surface area contributed by atoms with Crippen LogP contribution in [0.5, 0.6) is 0 Å². The second-order valence-corrected chi connectivity index (χ2v) is 7.68. The van der Waals surface area contributed by atoms with E-state index in [0.29, 0.717) is 32.0 Å². The number of nitrogens with zero attached hydrogens (tertiary/aromatic N) is 2. The highest BCUT2D eigenvalue weighted by atomic mass is 16.5. The molecule has 6 nitrogen and oxygen atoms in total. The molecule has 0 bridgehead atoms. The van der Waals surface area contributed by atoms with Crippen molar-refractivity contribution >= 4 is 6.03 Å². The average Bonchev–Trinajstić information content (AvgIpc) is 3.15. The monoisotopic (exact) mass is 381 g/mol. The van der Waals surface area contributed by atoms with Crippen LogP contribution in [0.15, 0.2) is 48.8 Å². The van der Waals surface area contributed by atoms with Crippen LogP contribution in [0.3, 0.4) is 0 Å². The standard InChI is InChI=1S/C22H27N3O3/c26-20-11-21(19-4-2-10-28-15-19)25(14-20)22(27)24-12-16-5-7-17(8-6-16)18-3-1-9-23-13-18/h1,3,5-9,13,19-21,26H,2,4,10-12,14-15H2,(H,24,27). The highest BCUT2D eigenvalue weighted by Gasteiger charge is 2.39. The van der Waals surface area contributed by atoms with Gasteiger partial charge in [-0.3, -0.25) is 4.98 Å². The summed E-state index contributed by atoms with van der Waals surface area (Å²) in [6.45, 7) is 2.34. The van der Waals surface area contributed by atoms with Crippen molar-refractivity contribution in [1.82, 2.24) is 15.2 Å². The van der Waals surface area contributed by atoms with E-state index in [1.807, 2.05) is 42.6 Å². The molecule has 2 aliphatic rings. The average molecular weight is 381 g/mol. The molecule has 2 amide bonds. The summed E-state index contributed by atoms with van der Waals surface area (Å²) in [5.74, 6) is 0.315. The Morgan fingerprint density at radius 1 is 1.25 bits per heavy atom. The summed E-state index contributed by atoms with van der Waals surface area (Å²) < 4.78 is 5.59. The number of β-amino-alcohol motifs (C(OH)–C–C–N with tert-alkyl or cyclic N) is 1. The molecule has 2 fully saturated rings. The lowest BCUT2D eigenvalue weighted by molar-refractivity contribution is 0.0259. The lowest BCUT2D eigenvalue weighted by Gasteiger charge is -2.33. The van der Waals surface area contributed by atoms with Gasteiger partial charge in [-0.1, -0.05) is 30.3 Å². The number of nitrogens with one attached hydrogen (secondary N) is 1. The van der Waals surface area contributed by atoms with Crippen molar-refractivity contribution in [3.8, 4) is 11.1 Å².